The maximum absolute atomic E-state index is 11.0. The summed E-state index contributed by atoms with van der Waals surface area (Å²) < 4.78 is 21.9. The molecule has 1 aromatic rings. The van der Waals surface area contributed by atoms with Gasteiger partial charge < -0.3 is 5.11 Å². The van der Waals surface area contributed by atoms with Gasteiger partial charge in [-0.05, 0) is 18.6 Å². The predicted molar refractivity (Wildman–Crippen MR) is 51.5 cm³/mol. The van der Waals surface area contributed by atoms with Crippen LogP contribution in [0.2, 0.25) is 0 Å². The molecule has 0 unspecified atom stereocenters. The number of aliphatic hydroxyl groups is 1. The van der Waals surface area contributed by atoms with Gasteiger partial charge in [-0.15, -0.1) is 0 Å². The second-order valence-electron chi connectivity index (χ2n) is 3.78. The van der Waals surface area contributed by atoms with Gasteiger partial charge in [0.25, 0.3) is 0 Å². The molecular formula is C9H11NO3S. The van der Waals surface area contributed by atoms with Crippen LogP contribution in [-0.4, -0.2) is 30.0 Å². The summed E-state index contributed by atoms with van der Waals surface area (Å²) in [5.41, 5.74) is 0.171. The van der Waals surface area contributed by atoms with Gasteiger partial charge in [-0.1, -0.05) is 6.07 Å². The molecule has 2 rings (SSSR count). The van der Waals surface area contributed by atoms with Crippen molar-refractivity contribution >= 4 is 9.84 Å². The van der Waals surface area contributed by atoms with Crippen molar-refractivity contribution in [1.82, 2.24) is 4.98 Å². The summed E-state index contributed by atoms with van der Waals surface area (Å²) in [4.78, 5) is 4.02. The average molecular weight is 213 g/mol. The molecule has 1 aromatic heterocycles. The second-order valence-corrected chi connectivity index (χ2v) is 5.85. The Hall–Kier alpha value is -0.940. The van der Waals surface area contributed by atoms with E-state index in [-0.39, 0.29) is 11.5 Å². The molecule has 1 saturated heterocycles. The molecule has 1 N–H and O–H groups in total. The molecule has 0 amide bonds. The molecule has 1 aliphatic heterocycles. The van der Waals surface area contributed by atoms with Gasteiger partial charge in [0.15, 0.2) is 9.84 Å². The van der Waals surface area contributed by atoms with Crippen molar-refractivity contribution in [1.29, 1.82) is 0 Å². The van der Waals surface area contributed by atoms with Crippen LogP contribution >= 0.6 is 0 Å². The molecule has 4 nitrogen and oxygen atoms in total. The minimum absolute atomic E-state index is 0.212. The fourth-order valence-corrected chi connectivity index (χ4v) is 3.24. The molecule has 0 bridgehead atoms. The zero-order valence-electron chi connectivity index (χ0n) is 7.77. The third kappa shape index (κ3) is 1.53. The predicted octanol–water partition coefficient (Wildman–Crippen LogP) is 0.00602. The molecule has 0 aromatic carbocycles. The topological polar surface area (TPSA) is 67.3 Å². The summed E-state index contributed by atoms with van der Waals surface area (Å²) in [5.74, 6) is -0.424. The fourth-order valence-electron chi connectivity index (χ4n) is 1.58. The monoisotopic (exact) mass is 213 g/mol. The number of hydrogen-bond acceptors (Lipinski definition) is 4. The maximum Gasteiger partial charge on any atom is 0.156 e. The summed E-state index contributed by atoms with van der Waals surface area (Å²) >= 11 is 0. The first-order valence-electron chi connectivity index (χ1n) is 4.27. The number of rotatable bonds is 1. The largest absolute Gasteiger partial charge is 0.381 e. The first-order valence-corrected chi connectivity index (χ1v) is 6.09. The number of hydrogen-bond donors (Lipinski definition) is 1. The van der Waals surface area contributed by atoms with Crippen LogP contribution in [0.4, 0.5) is 0 Å². The summed E-state index contributed by atoms with van der Waals surface area (Å²) in [6.07, 6.45) is 1.62. The van der Waals surface area contributed by atoms with Crippen molar-refractivity contribution < 1.29 is 13.5 Å². The Morgan fingerprint density at radius 1 is 1.43 bits per heavy atom. The Labute approximate surface area is 82.5 Å². The van der Waals surface area contributed by atoms with E-state index in [4.69, 9.17) is 0 Å². The SMILES string of the molecule is Cc1ccc(C2(O)CS(=O)(=O)C2)nc1. The van der Waals surface area contributed by atoms with Gasteiger partial charge in [0, 0.05) is 6.20 Å². The van der Waals surface area contributed by atoms with Crippen molar-refractivity contribution in [3.63, 3.8) is 0 Å². The highest BCUT2D eigenvalue weighted by Crippen LogP contribution is 2.32. The second kappa shape index (κ2) is 2.77. The van der Waals surface area contributed by atoms with Crippen molar-refractivity contribution in [3.05, 3.63) is 29.6 Å². The minimum atomic E-state index is -3.04. The normalized spacial score (nSPS) is 22.7. The molecule has 14 heavy (non-hydrogen) atoms. The van der Waals surface area contributed by atoms with E-state index in [2.05, 4.69) is 4.98 Å². The van der Waals surface area contributed by atoms with E-state index in [1.807, 2.05) is 13.0 Å². The van der Waals surface area contributed by atoms with Crippen molar-refractivity contribution in [2.75, 3.05) is 11.5 Å². The van der Waals surface area contributed by atoms with Crippen molar-refractivity contribution in [2.45, 2.75) is 12.5 Å². The van der Waals surface area contributed by atoms with Crippen LogP contribution in [0.25, 0.3) is 0 Å². The first kappa shape index (κ1) is 9.61. The van der Waals surface area contributed by atoms with E-state index in [0.717, 1.165) is 5.56 Å². The lowest BCUT2D eigenvalue weighted by Crippen LogP contribution is -2.52. The van der Waals surface area contributed by atoms with E-state index in [9.17, 15) is 13.5 Å². The lowest BCUT2D eigenvalue weighted by molar-refractivity contribution is 0.0645. The molecule has 5 heteroatoms. The van der Waals surface area contributed by atoms with E-state index >= 15 is 0 Å². The summed E-state index contributed by atoms with van der Waals surface area (Å²) in [7, 11) is -3.04. The van der Waals surface area contributed by atoms with Crippen LogP contribution in [-0.2, 0) is 15.4 Å². The van der Waals surface area contributed by atoms with Gasteiger partial charge in [-0.2, -0.15) is 0 Å². The first-order chi connectivity index (χ1) is 6.41. The Morgan fingerprint density at radius 2 is 2.07 bits per heavy atom. The molecule has 0 aliphatic carbocycles. The summed E-state index contributed by atoms with van der Waals surface area (Å²) in [6, 6.07) is 3.48. The molecule has 1 fully saturated rings. The molecule has 0 atom stereocenters. The molecule has 2 heterocycles. The Bertz CT molecular complexity index is 437. The molecule has 76 valence electrons. The zero-order chi connectivity index (χ0) is 10.4. The number of sulfone groups is 1. The Balaban J connectivity index is 2.29. The quantitative estimate of drug-likeness (QED) is 0.713. The van der Waals surface area contributed by atoms with E-state index in [1.165, 1.54) is 0 Å². The smallest absolute Gasteiger partial charge is 0.156 e. The molecule has 0 spiro atoms. The Kier molecular flexibility index (Phi) is 1.90. The Morgan fingerprint density at radius 3 is 2.50 bits per heavy atom. The highest BCUT2D eigenvalue weighted by Gasteiger charge is 2.49. The number of aryl methyl sites for hydroxylation is 1. The summed E-state index contributed by atoms with van der Waals surface area (Å²) in [5, 5.41) is 9.87. The number of nitrogens with zero attached hydrogens (tertiary/aromatic N) is 1. The zero-order valence-corrected chi connectivity index (χ0v) is 8.58. The standard InChI is InChI=1S/C9H11NO3S/c1-7-2-3-8(10-4-7)9(11)5-14(12,13)6-9/h2-4,11H,5-6H2,1H3. The van der Waals surface area contributed by atoms with Gasteiger partial charge in [-0.3, -0.25) is 4.98 Å². The van der Waals surface area contributed by atoms with Crippen molar-refractivity contribution in [3.8, 4) is 0 Å². The summed E-state index contributed by atoms with van der Waals surface area (Å²) in [6.45, 7) is 1.89. The average Bonchev–Trinajstić information content (AvgIpc) is 2.01. The highest BCUT2D eigenvalue weighted by atomic mass is 32.2. The van der Waals surface area contributed by atoms with Crippen molar-refractivity contribution in [2.24, 2.45) is 0 Å². The van der Waals surface area contributed by atoms with E-state index < -0.39 is 15.4 Å². The van der Waals surface area contributed by atoms with Crippen LogP contribution in [0.3, 0.4) is 0 Å². The molecular weight excluding hydrogens is 202 g/mol. The van der Waals surface area contributed by atoms with Gasteiger partial charge in [0.05, 0.1) is 17.2 Å². The maximum atomic E-state index is 11.0. The van der Waals surface area contributed by atoms with Gasteiger partial charge in [0.1, 0.15) is 5.60 Å². The molecule has 1 aliphatic rings. The highest BCUT2D eigenvalue weighted by molar-refractivity contribution is 7.92. The number of pyridine rings is 1. The lowest BCUT2D eigenvalue weighted by Gasteiger charge is -2.35. The lowest BCUT2D eigenvalue weighted by atomic mass is 10.0. The van der Waals surface area contributed by atoms with E-state index in [1.54, 1.807) is 12.3 Å². The third-order valence-corrected chi connectivity index (χ3v) is 4.14. The van der Waals surface area contributed by atoms with Gasteiger partial charge in [0.2, 0.25) is 0 Å². The van der Waals surface area contributed by atoms with Crippen LogP contribution < -0.4 is 0 Å². The van der Waals surface area contributed by atoms with Crippen LogP contribution in [0.1, 0.15) is 11.3 Å². The van der Waals surface area contributed by atoms with Crippen LogP contribution in [0, 0.1) is 6.92 Å². The van der Waals surface area contributed by atoms with Gasteiger partial charge in [-0.25, -0.2) is 8.42 Å². The van der Waals surface area contributed by atoms with Crippen LogP contribution in [0.15, 0.2) is 18.3 Å². The number of aromatic nitrogens is 1. The molecule has 0 radical (unpaired) electrons. The van der Waals surface area contributed by atoms with Crippen LogP contribution in [0.5, 0.6) is 0 Å². The van der Waals surface area contributed by atoms with E-state index in [0.29, 0.717) is 5.69 Å². The fraction of sp³-hybridized carbons (Fsp3) is 0.444. The molecule has 0 saturated carbocycles. The third-order valence-electron chi connectivity index (χ3n) is 2.31. The van der Waals surface area contributed by atoms with Gasteiger partial charge >= 0.3 is 0 Å². The minimum Gasteiger partial charge on any atom is -0.381 e.